The summed E-state index contributed by atoms with van der Waals surface area (Å²) in [5, 5.41) is 7.79. The minimum absolute atomic E-state index is 0.0314. The van der Waals surface area contributed by atoms with Crippen molar-refractivity contribution in [3.05, 3.63) is 35.4 Å². The Morgan fingerprint density at radius 2 is 1.73 bits per heavy atom. The van der Waals surface area contributed by atoms with Gasteiger partial charge in [-0.25, -0.2) is 0 Å². The van der Waals surface area contributed by atoms with Crippen LogP contribution >= 0.6 is 15.9 Å². The predicted octanol–water partition coefficient (Wildman–Crippen LogP) is 3.66. The van der Waals surface area contributed by atoms with Gasteiger partial charge in [-0.1, -0.05) is 28.1 Å². The zero-order valence-corrected chi connectivity index (χ0v) is 15.6. The second-order valence-corrected chi connectivity index (χ2v) is 8.40. The van der Waals surface area contributed by atoms with Gasteiger partial charge in [0.25, 0.3) is 5.91 Å². The first kappa shape index (κ1) is 17.5. The lowest BCUT2D eigenvalue weighted by Gasteiger charge is -2.46. The number of carbonyl (C=O) groups excluding carboxylic acids is 1. The lowest BCUT2D eigenvalue weighted by atomic mass is 9.79. The predicted molar refractivity (Wildman–Crippen MR) is 95.7 cm³/mol. The van der Waals surface area contributed by atoms with E-state index in [2.05, 4.69) is 54.3 Å². The first-order valence-electron chi connectivity index (χ1n) is 7.96. The zero-order chi connectivity index (χ0) is 16.4. The van der Waals surface area contributed by atoms with Crippen molar-refractivity contribution in [3.63, 3.8) is 0 Å². The number of alkyl halides is 1. The van der Waals surface area contributed by atoms with Crippen LogP contribution in [0, 0.1) is 0 Å². The number of rotatable bonds is 4. The summed E-state index contributed by atoms with van der Waals surface area (Å²) in [5.41, 5.74) is 2.07. The molecule has 22 heavy (non-hydrogen) atoms. The molecule has 0 spiro atoms. The second kappa shape index (κ2) is 6.71. The molecular formula is C18H27BrN2O. The van der Waals surface area contributed by atoms with Crippen LogP contribution in [0.2, 0.25) is 0 Å². The molecule has 1 heterocycles. The van der Waals surface area contributed by atoms with E-state index in [0.29, 0.717) is 0 Å². The first-order valence-corrected chi connectivity index (χ1v) is 9.08. The van der Waals surface area contributed by atoms with Crippen LogP contribution in [0.5, 0.6) is 0 Å². The monoisotopic (exact) mass is 366 g/mol. The van der Waals surface area contributed by atoms with E-state index in [0.717, 1.165) is 30.2 Å². The summed E-state index contributed by atoms with van der Waals surface area (Å²) in [4.78, 5) is 12.5. The molecule has 3 nitrogen and oxygen atoms in total. The largest absolute Gasteiger partial charge is 0.349 e. The smallest absolute Gasteiger partial charge is 0.251 e. The van der Waals surface area contributed by atoms with E-state index in [1.807, 2.05) is 24.3 Å². The van der Waals surface area contributed by atoms with Gasteiger partial charge in [0, 0.05) is 28.0 Å². The maximum absolute atomic E-state index is 12.5. The van der Waals surface area contributed by atoms with E-state index in [1.54, 1.807) is 0 Å². The highest BCUT2D eigenvalue weighted by molar-refractivity contribution is 9.09. The summed E-state index contributed by atoms with van der Waals surface area (Å²) in [6.45, 7) is 8.79. The third-order valence-corrected chi connectivity index (χ3v) is 4.52. The van der Waals surface area contributed by atoms with Crippen molar-refractivity contribution in [2.75, 3.05) is 5.33 Å². The molecule has 1 aromatic carbocycles. The maximum Gasteiger partial charge on any atom is 0.251 e. The van der Waals surface area contributed by atoms with Gasteiger partial charge in [-0.3, -0.25) is 4.79 Å². The van der Waals surface area contributed by atoms with Crippen molar-refractivity contribution in [3.8, 4) is 0 Å². The van der Waals surface area contributed by atoms with Gasteiger partial charge in [0.05, 0.1) is 0 Å². The van der Waals surface area contributed by atoms with Crippen LogP contribution in [-0.4, -0.2) is 28.4 Å². The number of hydrogen-bond donors (Lipinski definition) is 2. The molecule has 1 amide bonds. The molecule has 1 fully saturated rings. The number of nitrogens with one attached hydrogen (secondary N) is 2. The van der Waals surface area contributed by atoms with Crippen molar-refractivity contribution in [1.29, 1.82) is 0 Å². The lowest BCUT2D eigenvalue weighted by Crippen LogP contribution is -2.62. The first-order chi connectivity index (χ1) is 10.2. The van der Waals surface area contributed by atoms with E-state index in [9.17, 15) is 4.79 Å². The minimum atomic E-state index is 0.0314. The van der Waals surface area contributed by atoms with Crippen LogP contribution in [0.3, 0.4) is 0 Å². The Hall–Kier alpha value is -0.870. The summed E-state index contributed by atoms with van der Waals surface area (Å²) in [6, 6.07) is 8.12. The highest BCUT2D eigenvalue weighted by atomic mass is 79.9. The molecule has 0 unspecified atom stereocenters. The second-order valence-electron chi connectivity index (χ2n) is 7.61. The van der Waals surface area contributed by atoms with Gasteiger partial charge in [0.2, 0.25) is 0 Å². The zero-order valence-electron chi connectivity index (χ0n) is 14.0. The Kier molecular flexibility index (Phi) is 5.33. The Bertz CT molecular complexity index is 506. The number of aryl methyl sites for hydroxylation is 1. The van der Waals surface area contributed by atoms with Crippen LogP contribution in [0.4, 0.5) is 0 Å². The van der Waals surface area contributed by atoms with Crippen LogP contribution in [0.1, 0.15) is 56.5 Å². The summed E-state index contributed by atoms with van der Waals surface area (Å²) in [7, 11) is 0. The number of halogens is 1. The van der Waals surface area contributed by atoms with Crippen molar-refractivity contribution in [2.24, 2.45) is 0 Å². The molecule has 4 heteroatoms. The van der Waals surface area contributed by atoms with Crippen molar-refractivity contribution in [1.82, 2.24) is 10.6 Å². The topological polar surface area (TPSA) is 41.1 Å². The maximum atomic E-state index is 12.5. The van der Waals surface area contributed by atoms with E-state index in [4.69, 9.17) is 0 Å². The molecule has 0 atom stereocenters. The van der Waals surface area contributed by atoms with Crippen LogP contribution in [0.15, 0.2) is 24.3 Å². The van der Waals surface area contributed by atoms with Gasteiger partial charge in [-0.2, -0.15) is 0 Å². The van der Waals surface area contributed by atoms with Crippen LogP contribution in [-0.2, 0) is 6.42 Å². The van der Waals surface area contributed by atoms with Gasteiger partial charge in [0.1, 0.15) is 0 Å². The molecule has 2 N–H and O–H groups in total. The van der Waals surface area contributed by atoms with E-state index in [1.165, 1.54) is 5.56 Å². The molecular weight excluding hydrogens is 340 g/mol. The summed E-state index contributed by atoms with van der Waals surface area (Å²) in [5.74, 6) is 0.0314. The molecule has 0 bridgehead atoms. The number of carbonyl (C=O) groups is 1. The Morgan fingerprint density at radius 1 is 1.18 bits per heavy atom. The van der Waals surface area contributed by atoms with Crippen LogP contribution < -0.4 is 10.6 Å². The molecule has 0 aliphatic carbocycles. The molecule has 1 aromatic rings. The lowest BCUT2D eigenvalue weighted by molar-refractivity contribution is 0.0873. The molecule has 0 radical (unpaired) electrons. The van der Waals surface area contributed by atoms with Crippen molar-refractivity contribution in [2.45, 2.75) is 64.1 Å². The fourth-order valence-corrected chi connectivity index (χ4v) is 4.08. The van der Waals surface area contributed by atoms with Gasteiger partial charge in [-0.05, 0) is 64.7 Å². The highest BCUT2D eigenvalue weighted by Gasteiger charge is 2.38. The normalized spacial score (nSPS) is 20.6. The number of piperidine rings is 1. The van der Waals surface area contributed by atoms with Crippen molar-refractivity contribution < 1.29 is 4.79 Å². The third-order valence-electron chi connectivity index (χ3n) is 4.12. The average Bonchev–Trinajstić information content (AvgIpc) is 2.36. The molecule has 0 saturated carbocycles. The molecule has 0 aromatic heterocycles. The number of benzene rings is 1. The van der Waals surface area contributed by atoms with E-state index < -0.39 is 0 Å². The SMILES string of the molecule is CC1(C)CC(NC(=O)c2ccc(CCBr)cc2)CC(C)(C)N1. The Labute approximate surface area is 142 Å². The molecule has 1 aliphatic rings. The summed E-state index contributed by atoms with van der Waals surface area (Å²) in [6.07, 6.45) is 2.88. The molecule has 2 rings (SSSR count). The third kappa shape index (κ3) is 4.82. The minimum Gasteiger partial charge on any atom is -0.349 e. The number of amides is 1. The molecule has 122 valence electrons. The Balaban J connectivity index is 2.01. The van der Waals surface area contributed by atoms with Gasteiger partial charge >= 0.3 is 0 Å². The fraction of sp³-hybridized carbons (Fsp3) is 0.611. The highest BCUT2D eigenvalue weighted by Crippen LogP contribution is 2.28. The molecule has 1 saturated heterocycles. The average molecular weight is 367 g/mol. The summed E-state index contributed by atoms with van der Waals surface area (Å²) < 4.78 is 0. The summed E-state index contributed by atoms with van der Waals surface area (Å²) >= 11 is 3.44. The quantitative estimate of drug-likeness (QED) is 0.798. The fourth-order valence-electron chi connectivity index (χ4n) is 3.62. The van der Waals surface area contributed by atoms with Gasteiger partial charge < -0.3 is 10.6 Å². The van der Waals surface area contributed by atoms with Crippen molar-refractivity contribution >= 4 is 21.8 Å². The Morgan fingerprint density at radius 3 is 2.23 bits per heavy atom. The molecule has 1 aliphatic heterocycles. The van der Waals surface area contributed by atoms with E-state index in [-0.39, 0.29) is 23.0 Å². The van der Waals surface area contributed by atoms with Gasteiger partial charge in [-0.15, -0.1) is 0 Å². The van der Waals surface area contributed by atoms with Gasteiger partial charge in [0.15, 0.2) is 0 Å². The number of hydrogen-bond acceptors (Lipinski definition) is 2. The van der Waals surface area contributed by atoms with Crippen LogP contribution in [0.25, 0.3) is 0 Å². The standard InChI is InChI=1S/C18H27BrN2O/c1-17(2)11-15(12-18(3,4)21-17)20-16(22)14-7-5-13(6-8-14)9-10-19/h5-8,15,21H,9-12H2,1-4H3,(H,20,22). The van der Waals surface area contributed by atoms with E-state index >= 15 is 0 Å².